The summed E-state index contributed by atoms with van der Waals surface area (Å²) in [6, 6.07) is 11.2. The molecule has 1 unspecified atom stereocenters. The maximum absolute atomic E-state index is 13.3. The van der Waals surface area contributed by atoms with Gasteiger partial charge >= 0.3 is 0 Å². The molecule has 1 aliphatic heterocycles. The molecule has 0 spiro atoms. The van der Waals surface area contributed by atoms with E-state index in [-0.39, 0.29) is 12.3 Å². The molecule has 0 aliphatic carbocycles. The minimum atomic E-state index is -3.74. The lowest BCUT2D eigenvalue weighted by atomic mass is 10.1. The minimum absolute atomic E-state index is 0.124. The van der Waals surface area contributed by atoms with Crippen LogP contribution in [0.1, 0.15) is 47.7 Å². The van der Waals surface area contributed by atoms with Crippen molar-refractivity contribution < 1.29 is 18.0 Å². The van der Waals surface area contributed by atoms with E-state index in [2.05, 4.69) is 5.32 Å². The van der Waals surface area contributed by atoms with Crippen LogP contribution < -0.4 is 9.62 Å². The first-order valence-corrected chi connectivity index (χ1v) is 12.7. The number of likely N-dealkylation sites (tertiary alicyclic amines) is 1. The summed E-state index contributed by atoms with van der Waals surface area (Å²) in [4.78, 5) is 28.0. The quantitative estimate of drug-likeness (QED) is 0.686. The monoisotopic (exact) mass is 457 g/mol. The molecular weight excluding hydrogens is 426 g/mol. The number of amides is 2. The first-order chi connectivity index (χ1) is 15.1. The standard InChI is InChI=1S/C24H31N3O4S/c1-5-22(27(32(4,30)31)19-13-12-17(2)18(3)16-19)23(28)25-21-11-7-6-10-20(21)24(29)26-14-8-9-15-26/h6-7,10-13,16,22H,5,8-9,14-15H2,1-4H3,(H,25,28). The summed E-state index contributed by atoms with van der Waals surface area (Å²) in [5.74, 6) is -0.599. The third-order valence-corrected chi connectivity index (χ3v) is 7.06. The van der Waals surface area contributed by atoms with Crippen LogP contribution in [0.5, 0.6) is 0 Å². The Bertz CT molecular complexity index is 1110. The van der Waals surface area contributed by atoms with Gasteiger partial charge in [0.15, 0.2) is 0 Å². The van der Waals surface area contributed by atoms with E-state index >= 15 is 0 Å². The third-order valence-electron chi connectivity index (χ3n) is 5.88. The van der Waals surface area contributed by atoms with E-state index in [1.165, 1.54) is 4.31 Å². The maximum Gasteiger partial charge on any atom is 0.255 e. The molecule has 0 bridgehead atoms. The van der Waals surface area contributed by atoms with Crippen LogP contribution in [0.4, 0.5) is 11.4 Å². The van der Waals surface area contributed by atoms with Crippen molar-refractivity contribution in [1.82, 2.24) is 4.90 Å². The highest BCUT2D eigenvalue weighted by atomic mass is 32.2. The highest BCUT2D eigenvalue weighted by molar-refractivity contribution is 7.92. The van der Waals surface area contributed by atoms with Gasteiger partial charge in [-0.1, -0.05) is 25.1 Å². The van der Waals surface area contributed by atoms with Crippen molar-refractivity contribution in [2.75, 3.05) is 29.0 Å². The van der Waals surface area contributed by atoms with Crippen LogP contribution in [0.15, 0.2) is 42.5 Å². The fourth-order valence-electron chi connectivity index (χ4n) is 4.01. The van der Waals surface area contributed by atoms with E-state index in [0.29, 0.717) is 30.0 Å². The van der Waals surface area contributed by atoms with E-state index in [4.69, 9.17) is 0 Å². The molecule has 1 N–H and O–H groups in total. The van der Waals surface area contributed by atoms with Crippen molar-refractivity contribution in [2.45, 2.75) is 46.1 Å². The molecule has 1 fully saturated rings. The van der Waals surface area contributed by atoms with Gasteiger partial charge in [0.05, 0.1) is 23.2 Å². The zero-order chi connectivity index (χ0) is 23.5. The van der Waals surface area contributed by atoms with Crippen molar-refractivity contribution in [2.24, 2.45) is 0 Å². The number of nitrogens with zero attached hydrogens (tertiary/aromatic N) is 2. The molecule has 0 saturated carbocycles. The highest BCUT2D eigenvalue weighted by Gasteiger charge is 2.32. The van der Waals surface area contributed by atoms with Crippen LogP contribution in [-0.2, 0) is 14.8 Å². The van der Waals surface area contributed by atoms with Crippen LogP contribution in [-0.4, -0.2) is 50.5 Å². The summed E-state index contributed by atoms with van der Waals surface area (Å²) >= 11 is 0. The van der Waals surface area contributed by atoms with Crippen LogP contribution in [0.25, 0.3) is 0 Å². The summed E-state index contributed by atoms with van der Waals surface area (Å²) < 4.78 is 26.6. The average molecular weight is 458 g/mol. The zero-order valence-corrected chi connectivity index (χ0v) is 19.9. The number of rotatable bonds is 7. The SMILES string of the molecule is CCC(C(=O)Nc1ccccc1C(=O)N1CCCC1)N(c1ccc(C)c(C)c1)S(C)(=O)=O. The van der Waals surface area contributed by atoms with Gasteiger partial charge in [-0.25, -0.2) is 8.42 Å². The topological polar surface area (TPSA) is 86.8 Å². The van der Waals surface area contributed by atoms with E-state index in [1.54, 1.807) is 48.2 Å². The number of sulfonamides is 1. The molecule has 0 radical (unpaired) electrons. The molecule has 8 heteroatoms. The number of benzene rings is 2. The Hall–Kier alpha value is -2.87. The van der Waals surface area contributed by atoms with Gasteiger partial charge in [-0.3, -0.25) is 13.9 Å². The van der Waals surface area contributed by atoms with Gasteiger partial charge in [0.25, 0.3) is 5.91 Å². The van der Waals surface area contributed by atoms with Crippen LogP contribution in [0, 0.1) is 13.8 Å². The Morgan fingerprint density at radius 1 is 1.06 bits per heavy atom. The normalized spacial score (nSPS) is 14.8. The number of carbonyl (C=O) groups is 2. The molecule has 1 heterocycles. The third kappa shape index (κ3) is 5.12. The Morgan fingerprint density at radius 3 is 2.31 bits per heavy atom. The lowest BCUT2D eigenvalue weighted by Crippen LogP contribution is -2.47. The predicted molar refractivity (Wildman–Crippen MR) is 128 cm³/mol. The van der Waals surface area contributed by atoms with Gasteiger partial charge in [-0.15, -0.1) is 0 Å². The van der Waals surface area contributed by atoms with Crippen molar-refractivity contribution in [3.63, 3.8) is 0 Å². The fourth-order valence-corrected chi connectivity index (χ4v) is 5.21. The van der Waals surface area contributed by atoms with Crippen LogP contribution in [0.2, 0.25) is 0 Å². The van der Waals surface area contributed by atoms with Gasteiger partial charge in [0.1, 0.15) is 6.04 Å². The molecule has 1 aliphatic rings. The summed E-state index contributed by atoms with van der Waals surface area (Å²) in [6.07, 6.45) is 3.31. The molecular formula is C24H31N3O4S. The van der Waals surface area contributed by atoms with Gasteiger partial charge in [0, 0.05) is 13.1 Å². The van der Waals surface area contributed by atoms with Crippen LogP contribution >= 0.6 is 0 Å². The van der Waals surface area contributed by atoms with E-state index in [1.807, 2.05) is 19.9 Å². The second-order valence-corrected chi connectivity index (χ2v) is 10.1. The Kier molecular flexibility index (Phi) is 7.23. The molecule has 172 valence electrons. The number of para-hydroxylation sites is 1. The van der Waals surface area contributed by atoms with Crippen molar-refractivity contribution in [1.29, 1.82) is 0 Å². The van der Waals surface area contributed by atoms with E-state index < -0.39 is 22.0 Å². The van der Waals surface area contributed by atoms with Crippen molar-refractivity contribution in [3.8, 4) is 0 Å². The van der Waals surface area contributed by atoms with E-state index in [0.717, 1.165) is 30.2 Å². The number of hydrogen-bond acceptors (Lipinski definition) is 4. The number of anilines is 2. The summed E-state index contributed by atoms with van der Waals surface area (Å²) in [7, 11) is -3.74. The number of aryl methyl sites for hydroxylation is 2. The second kappa shape index (κ2) is 9.73. The largest absolute Gasteiger partial charge is 0.339 e. The first kappa shape index (κ1) is 23.8. The number of nitrogens with one attached hydrogen (secondary N) is 1. The molecule has 0 aromatic heterocycles. The summed E-state index contributed by atoms with van der Waals surface area (Å²) in [5, 5.41) is 2.82. The molecule has 1 saturated heterocycles. The molecule has 7 nitrogen and oxygen atoms in total. The maximum atomic E-state index is 13.3. The Balaban J connectivity index is 1.92. The van der Waals surface area contributed by atoms with Gasteiger partial charge < -0.3 is 10.2 Å². The highest BCUT2D eigenvalue weighted by Crippen LogP contribution is 2.27. The first-order valence-electron chi connectivity index (χ1n) is 10.9. The Morgan fingerprint density at radius 2 is 1.72 bits per heavy atom. The van der Waals surface area contributed by atoms with Gasteiger partial charge in [-0.05, 0) is 68.5 Å². The van der Waals surface area contributed by atoms with Gasteiger partial charge in [-0.2, -0.15) is 0 Å². The lowest BCUT2D eigenvalue weighted by molar-refractivity contribution is -0.117. The molecule has 2 amide bonds. The second-order valence-electron chi connectivity index (χ2n) is 8.29. The summed E-state index contributed by atoms with van der Waals surface area (Å²) in [5.41, 5.74) is 3.22. The number of hydrogen-bond donors (Lipinski definition) is 1. The minimum Gasteiger partial charge on any atom is -0.339 e. The molecule has 1 atom stereocenters. The lowest BCUT2D eigenvalue weighted by Gasteiger charge is -2.30. The number of carbonyl (C=O) groups excluding carboxylic acids is 2. The zero-order valence-electron chi connectivity index (χ0n) is 19.1. The molecule has 32 heavy (non-hydrogen) atoms. The van der Waals surface area contributed by atoms with Crippen molar-refractivity contribution >= 4 is 33.2 Å². The summed E-state index contributed by atoms with van der Waals surface area (Å²) in [6.45, 7) is 7.02. The van der Waals surface area contributed by atoms with Crippen molar-refractivity contribution in [3.05, 3.63) is 59.2 Å². The predicted octanol–water partition coefficient (Wildman–Crippen LogP) is 3.72. The fraction of sp³-hybridized carbons (Fsp3) is 0.417. The van der Waals surface area contributed by atoms with Crippen LogP contribution in [0.3, 0.4) is 0 Å². The molecule has 2 aromatic carbocycles. The van der Waals surface area contributed by atoms with E-state index in [9.17, 15) is 18.0 Å². The smallest absolute Gasteiger partial charge is 0.255 e. The molecule has 2 aromatic rings. The molecule has 3 rings (SSSR count). The van der Waals surface area contributed by atoms with Gasteiger partial charge in [0.2, 0.25) is 15.9 Å². The Labute approximate surface area is 190 Å². The average Bonchev–Trinajstić information content (AvgIpc) is 3.28.